The summed E-state index contributed by atoms with van der Waals surface area (Å²) in [7, 11) is 0. The van der Waals surface area contributed by atoms with Crippen LogP contribution in [-0.4, -0.2) is 34.7 Å². The van der Waals surface area contributed by atoms with Crippen molar-refractivity contribution in [2.75, 3.05) is 13.1 Å². The highest BCUT2D eigenvalue weighted by Crippen LogP contribution is 2.14. The molecule has 3 aromatic rings. The zero-order valence-corrected chi connectivity index (χ0v) is 17.3. The number of nitrogens with zero attached hydrogens (tertiary/aromatic N) is 2. The number of benzene rings is 2. The average Bonchev–Trinajstić information content (AvgIpc) is 3.27. The van der Waals surface area contributed by atoms with Crippen molar-refractivity contribution in [2.24, 2.45) is 0 Å². The highest BCUT2D eigenvalue weighted by Gasteiger charge is 2.22. The third-order valence-electron chi connectivity index (χ3n) is 4.55. The Hall–Kier alpha value is -3.31. The highest BCUT2D eigenvalue weighted by molar-refractivity contribution is 6.30. The third kappa shape index (κ3) is 5.84. The van der Waals surface area contributed by atoms with Gasteiger partial charge in [-0.05, 0) is 42.0 Å². The van der Waals surface area contributed by atoms with Crippen LogP contribution in [-0.2, 0) is 17.9 Å². The molecule has 2 aromatic carbocycles. The maximum atomic E-state index is 13.2. The molecule has 0 aliphatic heterocycles. The van der Waals surface area contributed by atoms with Crippen LogP contribution < -0.4 is 0 Å². The maximum Gasteiger partial charge on any atom is 0.254 e. The summed E-state index contributed by atoms with van der Waals surface area (Å²) >= 11 is 5.92. The van der Waals surface area contributed by atoms with Crippen LogP contribution in [0.25, 0.3) is 0 Å². The van der Waals surface area contributed by atoms with Crippen LogP contribution in [0.4, 0.5) is 0 Å². The molecule has 1 heterocycles. The van der Waals surface area contributed by atoms with E-state index in [4.69, 9.17) is 16.0 Å². The van der Waals surface area contributed by atoms with Crippen LogP contribution in [0.2, 0.25) is 5.02 Å². The number of amides is 2. The van der Waals surface area contributed by atoms with Crippen LogP contribution in [0.15, 0.2) is 90.1 Å². The second-order valence-electron chi connectivity index (χ2n) is 6.80. The smallest absolute Gasteiger partial charge is 0.254 e. The van der Waals surface area contributed by atoms with Crippen molar-refractivity contribution in [3.05, 3.63) is 108 Å². The maximum absolute atomic E-state index is 13.2. The molecule has 0 N–H and O–H groups in total. The fraction of sp³-hybridized carbons (Fsp3) is 0.167. The van der Waals surface area contributed by atoms with E-state index in [-0.39, 0.29) is 24.9 Å². The molecule has 0 spiro atoms. The average molecular weight is 423 g/mol. The Morgan fingerprint density at radius 2 is 1.67 bits per heavy atom. The Morgan fingerprint density at radius 1 is 0.933 bits per heavy atom. The highest BCUT2D eigenvalue weighted by atomic mass is 35.5. The standard InChI is InChI=1S/C24H23ClN2O3/c1-2-14-26(24(29)20-10-12-21(25)13-11-20)18-23(28)27(17-22-9-6-15-30-22)16-19-7-4-3-5-8-19/h2-13,15H,1,14,16-18H2. The molecule has 1 aromatic heterocycles. The SMILES string of the molecule is C=CCN(CC(=O)N(Cc1ccccc1)Cc1ccco1)C(=O)c1ccc(Cl)cc1. The molecule has 0 aliphatic rings. The molecule has 0 radical (unpaired) electrons. The summed E-state index contributed by atoms with van der Waals surface area (Å²) in [5.41, 5.74) is 1.46. The summed E-state index contributed by atoms with van der Waals surface area (Å²) in [6, 6.07) is 19.9. The van der Waals surface area contributed by atoms with Gasteiger partial charge in [-0.2, -0.15) is 0 Å². The van der Waals surface area contributed by atoms with Gasteiger partial charge in [0, 0.05) is 23.7 Å². The zero-order valence-electron chi connectivity index (χ0n) is 16.5. The van der Waals surface area contributed by atoms with Crippen molar-refractivity contribution in [2.45, 2.75) is 13.1 Å². The summed E-state index contributed by atoms with van der Waals surface area (Å²) in [4.78, 5) is 29.3. The third-order valence-corrected chi connectivity index (χ3v) is 4.80. The lowest BCUT2D eigenvalue weighted by Gasteiger charge is -2.27. The first-order valence-corrected chi connectivity index (χ1v) is 9.94. The second-order valence-corrected chi connectivity index (χ2v) is 7.23. The van der Waals surface area contributed by atoms with Gasteiger partial charge in [-0.15, -0.1) is 6.58 Å². The fourth-order valence-corrected chi connectivity index (χ4v) is 3.17. The second kappa shape index (κ2) is 10.5. The van der Waals surface area contributed by atoms with Crippen molar-refractivity contribution < 1.29 is 14.0 Å². The normalized spacial score (nSPS) is 10.4. The van der Waals surface area contributed by atoms with Crippen LogP contribution in [0, 0.1) is 0 Å². The Morgan fingerprint density at radius 3 is 2.30 bits per heavy atom. The lowest BCUT2D eigenvalue weighted by atomic mass is 10.2. The van der Waals surface area contributed by atoms with Gasteiger partial charge in [0.25, 0.3) is 5.91 Å². The van der Waals surface area contributed by atoms with E-state index in [2.05, 4.69) is 6.58 Å². The lowest BCUT2D eigenvalue weighted by Crippen LogP contribution is -2.42. The molecule has 0 aliphatic carbocycles. The molecule has 5 nitrogen and oxygen atoms in total. The molecule has 154 valence electrons. The quantitative estimate of drug-likeness (QED) is 0.466. The Kier molecular flexibility index (Phi) is 7.46. The van der Waals surface area contributed by atoms with Crippen LogP contribution in [0.5, 0.6) is 0 Å². The number of rotatable bonds is 9. The number of hydrogen-bond acceptors (Lipinski definition) is 3. The van der Waals surface area contributed by atoms with Crippen molar-refractivity contribution in [1.29, 1.82) is 0 Å². The minimum absolute atomic E-state index is 0.0684. The predicted molar refractivity (Wildman–Crippen MR) is 117 cm³/mol. The van der Waals surface area contributed by atoms with Gasteiger partial charge in [0.05, 0.1) is 12.8 Å². The zero-order chi connectivity index (χ0) is 21.3. The molecule has 30 heavy (non-hydrogen) atoms. The first kappa shape index (κ1) is 21.4. The molecule has 0 saturated carbocycles. The van der Waals surface area contributed by atoms with Gasteiger partial charge in [0.2, 0.25) is 5.91 Å². The molecule has 3 rings (SSSR count). The van der Waals surface area contributed by atoms with Crippen LogP contribution in [0.3, 0.4) is 0 Å². The lowest BCUT2D eigenvalue weighted by molar-refractivity contribution is -0.133. The summed E-state index contributed by atoms with van der Waals surface area (Å²) in [5, 5.41) is 0.547. The first-order valence-electron chi connectivity index (χ1n) is 9.56. The molecule has 0 saturated heterocycles. The Balaban J connectivity index is 1.77. The van der Waals surface area contributed by atoms with E-state index >= 15 is 0 Å². The van der Waals surface area contributed by atoms with Gasteiger partial charge in [-0.3, -0.25) is 9.59 Å². The molecule has 0 fully saturated rings. The van der Waals surface area contributed by atoms with Gasteiger partial charge in [0.15, 0.2) is 0 Å². The van der Waals surface area contributed by atoms with E-state index in [0.29, 0.717) is 29.4 Å². The van der Waals surface area contributed by atoms with Crippen LogP contribution >= 0.6 is 11.6 Å². The topological polar surface area (TPSA) is 53.8 Å². The summed E-state index contributed by atoms with van der Waals surface area (Å²) in [6.07, 6.45) is 3.18. The number of halogens is 1. The van der Waals surface area contributed by atoms with Crippen molar-refractivity contribution in [1.82, 2.24) is 9.80 Å². The molecule has 0 atom stereocenters. The fourth-order valence-electron chi connectivity index (χ4n) is 3.04. The van der Waals surface area contributed by atoms with Gasteiger partial charge in [-0.25, -0.2) is 0 Å². The molecule has 6 heteroatoms. The number of carbonyl (C=O) groups is 2. The van der Waals surface area contributed by atoms with Gasteiger partial charge in [-0.1, -0.05) is 48.0 Å². The molecule has 0 bridgehead atoms. The largest absolute Gasteiger partial charge is 0.467 e. The van der Waals surface area contributed by atoms with E-state index in [1.807, 2.05) is 36.4 Å². The number of carbonyl (C=O) groups excluding carboxylic acids is 2. The summed E-state index contributed by atoms with van der Waals surface area (Å²) in [6.45, 7) is 4.64. The van der Waals surface area contributed by atoms with Crippen molar-refractivity contribution in [3.63, 3.8) is 0 Å². The van der Waals surface area contributed by atoms with E-state index < -0.39 is 0 Å². The predicted octanol–water partition coefficient (Wildman–Crippen LogP) is 4.79. The molecular formula is C24H23ClN2O3. The van der Waals surface area contributed by atoms with Crippen LogP contribution in [0.1, 0.15) is 21.7 Å². The summed E-state index contributed by atoms with van der Waals surface area (Å²) < 4.78 is 5.43. The monoisotopic (exact) mass is 422 g/mol. The molecule has 0 unspecified atom stereocenters. The van der Waals surface area contributed by atoms with E-state index in [0.717, 1.165) is 5.56 Å². The van der Waals surface area contributed by atoms with Gasteiger partial charge in [0.1, 0.15) is 12.3 Å². The van der Waals surface area contributed by atoms with Crippen molar-refractivity contribution in [3.8, 4) is 0 Å². The summed E-state index contributed by atoms with van der Waals surface area (Å²) in [5.74, 6) is 0.246. The first-order chi connectivity index (χ1) is 14.6. The van der Waals surface area contributed by atoms with E-state index in [9.17, 15) is 9.59 Å². The minimum Gasteiger partial charge on any atom is -0.467 e. The van der Waals surface area contributed by atoms with E-state index in [1.165, 1.54) is 4.90 Å². The Bertz CT molecular complexity index is 969. The van der Waals surface area contributed by atoms with Gasteiger partial charge < -0.3 is 14.2 Å². The molecule has 2 amide bonds. The number of furan rings is 1. The molecular weight excluding hydrogens is 400 g/mol. The van der Waals surface area contributed by atoms with Crippen molar-refractivity contribution >= 4 is 23.4 Å². The number of hydrogen-bond donors (Lipinski definition) is 0. The minimum atomic E-state index is -0.252. The van der Waals surface area contributed by atoms with Gasteiger partial charge >= 0.3 is 0 Å². The van der Waals surface area contributed by atoms with E-state index in [1.54, 1.807) is 47.6 Å². The Labute approximate surface area is 181 Å².